The standard InChI is InChI=1S/C15H27F3N4O/c1-11(2)14(23,15(16,17)18)10-22-8-12(20-21-22)6-7-19-9-13(3,4)5/h8,11,19,23H,6-7,9-10H2,1-5H3. The van der Waals surface area contributed by atoms with Gasteiger partial charge >= 0.3 is 6.18 Å². The molecular weight excluding hydrogens is 309 g/mol. The van der Waals surface area contributed by atoms with Gasteiger partial charge in [0, 0.05) is 25.7 Å². The molecule has 0 aliphatic heterocycles. The van der Waals surface area contributed by atoms with Crippen molar-refractivity contribution in [2.45, 2.75) is 59.4 Å². The number of aromatic nitrogens is 3. The zero-order valence-corrected chi connectivity index (χ0v) is 14.4. The molecule has 0 spiro atoms. The molecule has 0 radical (unpaired) electrons. The predicted molar refractivity (Wildman–Crippen MR) is 81.9 cm³/mol. The summed E-state index contributed by atoms with van der Waals surface area (Å²) >= 11 is 0. The van der Waals surface area contributed by atoms with Crippen LogP contribution in [0.3, 0.4) is 0 Å². The van der Waals surface area contributed by atoms with Crippen LogP contribution in [0.4, 0.5) is 13.2 Å². The maximum Gasteiger partial charge on any atom is 0.419 e. The average Bonchev–Trinajstić information content (AvgIpc) is 2.79. The minimum absolute atomic E-state index is 0.165. The topological polar surface area (TPSA) is 63.0 Å². The van der Waals surface area contributed by atoms with E-state index in [-0.39, 0.29) is 5.41 Å². The summed E-state index contributed by atoms with van der Waals surface area (Å²) in [6.07, 6.45) is -2.69. The molecule has 1 aromatic heterocycles. The largest absolute Gasteiger partial charge is 0.419 e. The van der Waals surface area contributed by atoms with Gasteiger partial charge in [-0.3, -0.25) is 0 Å². The van der Waals surface area contributed by atoms with Crippen LogP contribution in [0, 0.1) is 11.3 Å². The van der Waals surface area contributed by atoms with Gasteiger partial charge in [-0.25, -0.2) is 4.68 Å². The van der Waals surface area contributed by atoms with E-state index in [1.165, 1.54) is 20.0 Å². The summed E-state index contributed by atoms with van der Waals surface area (Å²) in [6.45, 7) is 9.85. The van der Waals surface area contributed by atoms with Crippen LogP contribution in [0.5, 0.6) is 0 Å². The molecule has 1 atom stereocenters. The molecule has 1 unspecified atom stereocenters. The number of halogens is 3. The lowest BCUT2D eigenvalue weighted by Crippen LogP contribution is -2.52. The highest BCUT2D eigenvalue weighted by atomic mass is 19.4. The summed E-state index contributed by atoms with van der Waals surface area (Å²) in [5, 5.41) is 20.8. The van der Waals surface area contributed by atoms with Gasteiger partial charge < -0.3 is 10.4 Å². The zero-order valence-electron chi connectivity index (χ0n) is 14.4. The third-order valence-corrected chi connectivity index (χ3v) is 3.65. The number of nitrogens with one attached hydrogen (secondary N) is 1. The molecule has 1 rings (SSSR count). The molecule has 1 aromatic rings. The summed E-state index contributed by atoms with van der Waals surface area (Å²) in [5.41, 5.74) is -2.06. The number of alkyl halides is 3. The Morgan fingerprint density at radius 3 is 2.35 bits per heavy atom. The smallest absolute Gasteiger partial charge is 0.379 e. The second kappa shape index (κ2) is 7.17. The molecule has 5 nitrogen and oxygen atoms in total. The van der Waals surface area contributed by atoms with E-state index in [2.05, 4.69) is 36.4 Å². The molecule has 134 valence electrons. The maximum absolute atomic E-state index is 13.1. The van der Waals surface area contributed by atoms with Crippen LogP contribution in [0.25, 0.3) is 0 Å². The zero-order chi connectivity index (χ0) is 17.9. The fourth-order valence-electron chi connectivity index (χ4n) is 2.06. The van der Waals surface area contributed by atoms with Crippen LogP contribution in [0.1, 0.15) is 40.3 Å². The van der Waals surface area contributed by atoms with Crippen LogP contribution in [0.2, 0.25) is 0 Å². The quantitative estimate of drug-likeness (QED) is 0.751. The Labute approximate surface area is 135 Å². The van der Waals surface area contributed by atoms with Gasteiger partial charge in [-0.15, -0.1) is 5.10 Å². The van der Waals surface area contributed by atoms with Crippen LogP contribution in [0.15, 0.2) is 6.20 Å². The molecule has 2 N–H and O–H groups in total. The monoisotopic (exact) mass is 336 g/mol. The van der Waals surface area contributed by atoms with Gasteiger partial charge in [0.1, 0.15) is 0 Å². The molecule has 0 bridgehead atoms. The van der Waals surface area contributed by atoms with E-state index in [1.807, 2.05) is 0 Å². The normalized spacial score (nSPS) is 15.9. The van der Waals surface area contributed by atoms with Gasteiger partial charge in [0.2, 0.25) is 0 Å². The minimum atomic E-state index is -4.72. The van der Waals surface area contributed by atoms with Crippen LogP contribution >= 0.6 is 0 Å². The van der Waals surface area contributed by atoms with Gasteiger partial charge in [-0.05, 0) is 11.3 Å². The second-order valence-corrected chi connectivity index (χ2v) is 7.47. The fourth-order valence-corrected chi connectivity index (χ4v) is 2.06. The Morgan fingerprint density at radius 1 is 1.26 bits per heavy atom. The molecule has 0 saturated heterocycles. The first-order valence-electron chi connectivity index (χ1n) is 7.74. The molecule has 1 heterocycles. The number of hydrogen-bond donors (Lipinski definition) is 2. The van der Waals surface area contributed by atoms with E-state index >= 15 is 0 Å². The molecular formula is C15H27F3N4O. The molecule has 0 fully saturated rings. The Bertz CT molecular complexity index is 494. The van der Waals surface area contributed by atoms with E-state index < -0.39 is 24.2 Å². The lowest BCUT2D eigenvalue weighted by molar-refractivity contribution is -0.281. The van der Waals surface area contributed by atoms with Crippen molar-refractivity contribution in [2.24, 2.45) is 11.3 Å². The van der Waals surface area contributed by atoms with Crippen molar-refractivity contribution < 1.29 is 18.3 Å². The molecule has 0 saturated carbocycles. The molecule has 0 aliphatic rings. The van der Waals surface area contributed by atoms with Gasteiger partial charge in [0.25, 0.3) is 0 Å². The molecule has 0 aliphatic carbocycles. The van der Waals surface area contributed by atoms with E-state index in [0.717, 1.165) is 11.2 Å². The number of aliphatic hydroxyl groups is 1. The minimum Gasteiger partial charge on any atom is -0.379 e. The van der Waals surface area contributed by atoms with Crippen molar-refractivity contribution in [1.29, 1.82) is 0 Å². The van der Waals surface area contributed by atoms with Gasteiger partial charge in [0.15, 0.2) is 5.60 Å². The van der Waals surface area contributed by atoms with Crippen LogP contribution < -0.4 is 5.32 Å². The van der Waals surface area contributed by atoms with Crippen LogP contribution in [-0.4, -0.2) is 45.0 Å². The maximum atomic E-state index is 13.1. The first-order chi connectivity index (χ1) is 10.3. The summed E-state index contributed by atoms with van der Waals surface area (Å²) in [5.74, 6) is -0.983. The Kier molecular flexibility index (Phi) is 6.20. The first-order valence-corrected chi connectivity index (χ1v) is 7.74. The van der Waals surface area contributed by atoms with E-state index in [0.29, 0.717) is 18.7 Å². The summed E-state index contributed by atoms with van der Waals surface area (Å²) in [6, 6.07) is 0. The summed E-state index contributed by atoms with van der Waals surface area (Å²) in [7, 11) is 0. The Morgan fingerprint density at radius 2 is 1.87 bits per heavy atom. The van der Waals surface area contributed by atoms with E-state index in [9.17, 15) is 18.3 Å². The highest BCUT2D eigenvalue weighted by Crippen LogP contribution is 2.37. The van der Waals surface area contributed by atoms with Crippen molar-refractivity contribution in [3.05, 3.63) is 11.9 Å². The van der Waals surface area contributed by atoms with Crippen molar-refractivity contribution >= 4 is 0 Å². The molecule has 8 heteroatoms. The SMILES string of the molecule is CC(C)C(O)(Cn1cc(CCNCC(C)(C)C)nn1)C(F)(F)F. The highest BCUT2D eigenvalue weighted by Gasteiger charge is 2.56. The third-order valence-electron chi connectivity index (χ3n) is 3.65. The number of nitrogens with zero attached hydrogens (tertiary/aromatic N) is 3. The van der Waals surface area contributed by atoms with Gasteiger partial charge in [-0.2, -0.15) is 13.2 Å². The number of hydrogen-bond acceptors (Lipinski definition) is 4. The van der Waals surface area contributed by atoms with Crippen molar-refractivity contribution in [1.82, 2.24) is 20.3 Å². The van der Waals surface area contributed by atoms with Gasteiger partial charge in [0.05, 0.1) is 12.2 Å². The third kappa shape index (κ3) is 5.76. The van der Waals surface area contributed by atoms with Gasteiger partial charge in [-0.1, -0.05) is 39.8 Å². The predicted octanol–water partition coefficient (Wildman–Crippen LogP) is 2.41. The summed E-state index contributed by atoms with van der Waals surface area (Å²) in [4.78, 5) is 0. The van der Waals surface area contributed by atoms with E-state index in [4.69, 9.17) is 0 Å². The lowest BCUT2D eigenvalue weighted by Gasteiger charge is -2.33. The fraction of sp³-hybridized carbons (Fsp3) is 0.867. The van der Waals surface area contributed by atoms with Crippen molar-refractivity contribution in [3.8, 4) is 0 Å². The summed E-state index contributed by atoms with van der Waals surface area (Å²) < 4.78 is 40.3. The Balaban J connectivity index is 2.62. The molecule has 0 aromatic carbocycles. The van der Waals surface area contributed by atoms with E-state index in [1.54, 1.807) is 0 Å². The van der Waals surface area contributed by atoms with Crippen molar-refractivity contribution in [3.63, 3.8) is 0 Å². The lowest BCUT2D eigenvalue weighted by atomic mass is 9.89. The molecule has 23 heavy (non-hydrogen) atoms. The average molecular weight is 336 g/mol. The molecule has 0 amide bonds. The number of rotatable bonds is 7. The Hall–Kier alpha value is -1.15. The second-order valence-electron chi connectivity index (χ2n) is 7.47. The first kappa shape index (κ1) is 19.9. The van der Waals surface area contributed by atoms with Crippen molar-refractivity contribution in [2.75, 3.05) is 13.1 Å². The van der Waals surface area contributed by atoms with Crippen LogP contribution in [-0.2, 0) is 13.0 Å². The highest BCUT2D eigenvalue weighted by molar-refractivity contribution is 4.96.